The summed E-state index contributed by atoms with van der Waals surface area (Å²) in [6.45, 7) is 3.30. The Morgan fingerprint density at radius 3 is 2.76 bits per heavy atom. The van der Waals surface area contributed by atoms with Crippen molar-refractivity contribution in [1.82, 2.24) is 0 Å². The van der Waals surface area contributed by atoms with Crippen LogP contribution in [0.5, 0.6) is 0 Å². The number of benzene rings is 1. The van der Waals surface area contributed by atoms with Crippen LogP contribution in [0.25, 0.3) is 0 Å². The van der Waals surface area contributed by atoms with Gasteiger partial charge in [-0.25, -0.2) is 0 Å². The van der Waals surface area contributed by atoms with Crippen molar-refractivity contribution in [1.29, 1.82) is 5.26 Å². The third-order valence-electron chi connectivity index (χ3n) is 3.23. The quantitative estimate of drug-likeness (QED) is 0.790. The second-order valence-corrected chi connectivity index (χ2v) is 4.66. The van der Waals surface area contributed by atoms with Crippen LogP contribution in [0, 0.1) is 11.3 Å². The molecule has 1 fully saturated rings. The van der Waals surface area contributed by atoms with Crippen LogP contribution in [0.2, 0.25) is 0 Å². The molecule has 17 heavy (non-hydrogen) atoms. The number of nitrogens with zero attached hydrogens (tertiary/aromatic N) is 2. The lowest BCUT2D eigenvalue weighted by Crippen LogP contribution is -2.26. The van der Waals surface area contributed by atoms with Crippen molar-refractivity contribution < 1.29 is 0 Å². The third kappa shape index (κ3) is 2.71. The number of anilines is 2. The van der Waals surface area contributed by atoms with E-state index in [-0.39, 0.29) is 0 Å². The number of rotatable bonds is 5. The number of hydrogen-bond acceptors (Lipinski definition) is 3. The van der Waals surface area contributed by atoms with Crippen LogP contribution in [-0.4, -0.2) is 12.6 Å². The molecule has 2 N–H and O–H groups in total. The van der Waals surface area contributed by atoms with Gasteiger partial charge in [0.05, 0.1) is 11.3 Å². The van der Waals surface area contributed by atoms with Gasteiger partial charge in [-0.15, -0.1) is 0 Å². The molecule has 1 saturated carbocycles. The van der Waals surface area contributed by atoms with E-state index in [0.29, 0.717) is 17.3 Å². The number of nitrogen functional groups attached to an aromatic ring is 1. The Bertz CT molecular complexity index is 430. The molecule has 3 nitrogen and oxygen atoms in total. The van der Waals surface area contributed by atoms with Gasteiger partial charge in [0.25, 0.3) is 0 Å². The van der Waals surface area contributed by atoms with Gasteiger partial charge in [-0.3, -0.25) is 0 Å². The van der Waals surface area contributed by atoms with Crippen molar-refractivity contribution in [2.45, 2.75) is 38.6 Å². The van der Waals surface area contributed by atoms with Gasteiger partial charge < -0.3 is 10.6 Å². The van der Waals surface area contributed by atoms with Crippen molar-refractivity contribution in [2.75, 3.05) is 17.2 Å². The molecule has 0 aliphatic heterocycles. The summed E-state index contributed by atoms with van der Waals surface area (Å²) in [5.41, 5.74) is 8.19. The molecule has 0 atom stereocenters. The van der Waals surface area contributed by atoms with E-state index in [2.05, 4.69) is 17.9 Å². The van der Waals surface area contributed by atoms with Gasteiger partial charge in [-0.2, -0.15) is 5.26 Å². The molecule has 90 valence electrons. The summed E-state index contributed by atoms with van der Waals surface area (Å²) in [6.07, 6.45) is 4.97. The zero-order valence-corrected chi connectivity index (χ0v) is 10.3. The average molecular weight is 229 g/mol. The molecule has 0 aromatic heterocycles. The Morgan fingerprint density at radius 1 is 1.47 bits per heavy atom. The van der Waals surface area contributed by atoms with E-state index in [1.807, 2.05) is 18.2 Å². The van der Waals surface area contributed by atoms with E-state index in [0.717, 1.165) is 12.2 Å². The third-order valence-corrected chi connectivity index (χ3v) is 3.23. The SMILES string of the molecule is CCCCN(c1ccc(C#N)c(N)c1)C1CC1. The summed E-state index contributed by atoms with van der Waals surface area (Å²) in [7, 11) is 0. The highest BCUT2D eigenvalue weighted by Crippen LogP contribution is 2.33. The van der Waals surface area contributed by atoms with Gasteiger partial charge >= 0.3 is 0 Å². The smallest absolute Gasteiger partial charge is 0.101 e. The molecule has 0 bridgehead atoms. The lowest BCUT2D eigenvalue weighted by molar-refractivity contribution is 0.713. The molecule has 0 radical (unpaired) electrons. The average Bonchev–Trinajstić information content (AvgIpc) is 3.14. The second-order valence-electron chi connectivity index (χ2n) is 4.66. The summed E-state index contributed by atoms with van der Waals surface area (Å²) in [6, 6.07) is 8.57. The van der Waals surface area contributed by atoms with Crippen molar-refractivity contribution in [3.63, 3.8) is 0 Å². The highest BCUT2D eigenvalue weighted by atomic mass is 15.2. The summed E-state index contributed by atoms with van der Waals surface area (Å²) < 4.78 is 0. The van der Waals surface area contributed by atoms with E-state index in [1.54, 1.807) is 0 Å². The first kappa shape index (κ1) is 11.8. The maximum atomic E-state index is 8.87. The largest absolute Gasteiger partial charge is 0.398 e. The molecular formula is C14H19N3. The maximum absolute atomic E-state index is 8.87. The first-order valence-corrected chi connectivity index (χ1v) is 6.32. The highest BCUT2D eigenvalue weighted by Gasteiger charge is 2.28. The molecule has 0 unspecified atom stereocenters. The molecule has 1 aromatic rings. The fourth-order valence-corrected chi connectivity index (χ4v) is 2.07. The molecular weight excluding hydrogens is 210 g/mol. The van der Waals surface area contributed by atoms with Gasteiger partial charge in [0.2, 0.25) is 0 Å². The standard InChI is InChI=1S/C14H19N3/c1-2-3-8-17(12-6-7-12)13-5-4-11(10-15)14(16)9-13/h4-5,9,12H,2-3,6-8,16H2,1H3. The van der Waals surface area contributed by atoms with Crippen LogP contribution in [0.15, 0.2) is 18.2 Å². The summed E-state index contributed by atoms with van der Waals surface area (Å²) in [5, 5.41) is 8.87. The van der Waals surface area contributed by atoms with E-state index in [1.165, 1.54) is 25.7 Å². The van der Waals surface area contributed by atoms with Crippen molar-refractivity contribution >= 4 is 11.4 Å². The molecule has 0 amide bonds. The van der Waals surface area contributed by atoms with E-state index < -0.39 is 0 Å². The Balaban J connectivity index is 2.18. The first-order chi connectivity index (χ1) is 8.26. The van der Waals surface area contributed by atoms with Crippen LogP contribution in [0.1, 0.15) is 38.2 Å². The van der Waals surface area contributed by atoms with Crippen LogP contribution in [0.3, 0.4) is 0 Å². The van der Waals surface area contributed by atoms with E-state index >= 15 is 0 Å². The predicted molar refractivity (Wildman–Crippen MR) is 70.8 cm³/mol. The predicted octanol–water partition coefficient (Wildman–Crippen LogP) is 2.91. The number of unbranched alkanes of at least 4 members (excludes halogenated alkanes) is 1. The summed E-state index contributed by atoms with van der Waals surface area (Å²) in [4.78, 5) is 2.43. The van der Waals surface area contributed by atoms with Crippen molar-refractivity contribution in [3.8, 4) is 6.07 Å². The van der Waals surface area contributed by atoms with Gasteiger partial charge in [0.1, 0.15) is 6.07 Å². The molecule has 1 aromatic carbocycles. The van der Waals surface area contributed by atoms with Crippen molar-refractivity contribution in [3.05, 3.63) is 23.8 Å². The zero-order chi connectivity index (χ0) is 12.3. The van der Waals surface area contributed by atoms with Gasteiger partial charge in [0.15, 0.2) is 0 Å². The van der Waals surface area contributed by atoms with Gasteiger partial charge in [0, 0.05) is 18.3 Å². The molecule has 3 heteroatoms. The molecule has 2 rings (SSSR count). The van der Waals surface area contributed by atoms with Crippen LogP contribution in [-0.2, 0) is 0 Å². The van der Waals surface area contributed by atoms with Crippen LogP contribution in [0.4, 0.5) is 11.4 Å². The number of hydrogen-bond donors (Lipinski definition) is 1. The number of nitriles is 1. The lowest BCUT2D eigenvalue weighted by atomic mass is 10.1. The minimum Gasteiger partial charge on any atom is -0.398 e. The second kappa shape index (κ2) is 5.09. The molecule has 1 aliphatic rings. The highest BCUT2D eigenvalue weighted by molar-refractivity contribution is 5.64. The summed E-state index contributed by atoms with van der Waals surface area (Å²) in [5.74, 6) is 0. The Labute approximate surface area is 103 Å². The van der Waals surface area contributed by atoms with Crippen LogP contribution < -0.4 is 10.6 Å². The van der Waals surface area contributed by atoms with Gasteiger partial charge in [-0.1, -0.05) is 13.3 Å². The van der Waals surface area contributed by atoms with E-state index in [9.17, 15) is 0 Å². The zero-order valence-electron chi connectivity index (χ0n) is 10.3. The minimum absolute atomic E-state index is 0.569. The monoisotopic (exact) mass is 229 g/mol. The lowest BCUT2D eigenvalue weighted by Gasteiger charge is -2.25. The molecule has 0 saturated heterocycles. The Kier molecular flexibility index (Phi) is 3.53. The fourth-order valence-electron chi connectivity index (χ4n) is 2.07. The van der Waals surface area contributed by atoms with Crippen LogP contribution >= 0.6 is 0 Å². The topological polar surface area (TPSA) is 53.0 Å². The van der Waals surface area contributed by atoms with E-state index in [4.69, 9.17) is 11.0 Å². The summed E-state index contributed by atoms with van der Waals surface area (Å²) >= 11 is 0. The Hall–Kier alpha value is -1.69. The maximum Gasteiger partial charge on any atom is 0.101 e. The molecule has 0 heterocycles. The molecule has 1 aliphatic carbocycles. The minimum atomic E-state index is 0.569. The normalized spacial score (nSPS) is 14.4. The first-order valence-electron chi connectivity index (χ1n) is 6.32. The van der Waals surface area contributed by atoms with Gasteiger partial charge in [-0.05, 0) is 37.5 Å². The molecule has 0 spiro atoms. The van der Waals surface area contributed by atoms with Crippen molar-refractivity contribution in [2.24, 2.45) is 0 Å². The Morgan fingerprint density at radius 2 is 2.24 bits per heavy atom. The fraction of sp³-hybridized carbons (Fsp3) is 0.500. The number of nitrogens with two attached hydrogens (primary N) is 1.